The van der Waals surface area contributed by atoms with Crippen molar-refractivity contribution in [1.82, 2.24) is 5.32 Å². The quantitative estimate of drug-likeness (QED) is 0.0422. The average Bonchev–Trinajstić information content (AvgIpc) is 3.28. The van der Waals surface area contributed by atoms with E-state index in [4.69, 9.17) is 0 Å². The van der Waals surface area contributed by atoms with Crippen molar-refractivity contribution in [2.24, 2.45) is 0 Å². The first-order valence-electron chi connectivity index (χ1n) is 26.8. The highest BCUT2D eigenvalue weighted by molar-refractivity contribution is 5.76. The summed E-state index contributed by atoms with van der Waals surface area (Å²) in [4.78, 5) is 12.4. The van der Waals surface area contributed by atoms with Crippen LogP contribution in [0, 0.1) is 0 Å². The molecule has 3 N–H and O–H groups in total. The monoisotopic (exact) mass is 862 g/mol. The molecule has 0 aromatic heterocycles. The van der Waals surface area contributed by atoms with E-state index in [1.165, 1.54) is 161 Å². The van der Waals surface area contributed by atoms with Crippen LogP contribution in [0.3, 0.4) is 0 Å². The Labute approximate surface area is 386 Å². The van der Waals surface area contributed by atoms with Gasteiger partial charge in [-0.1, -0.05) is 259 Å². The number of nitrogens with one attached hydrogen (secondary N) is 1. The lowest BCUT2D eigenvalue weighted by Gasteiger charge is -2.19. The molecular formula is C58H103NO3. The van der Waals surface area contributed by atoms with Gasteiger partial charge in [0.2, 0.25) is 5.91 Å². The van der Waals surface area contributed by atoms with Crippen LogP contribution in [0.15, 0.2) is 85.1 Å². The first kappa shape index (κ1) is 59.6. The third-order valence-corrected chi connectivity index (χ3v) is 11.9. The number of carbonyl (C=O) groups excluding carboxylic acids is 1. The van der Waals surface area contributed by atoms with Crippen LogP contribution in [0.1, 0.15) is 258 Å². The van der Waals surface area contributed by atoms with E-state index in [0.717, 1.165) is 77.0 Å². The first-order chi connectivity index (χ1) is 30.7. The van der Waals surface area contributed by atoms with Gasteiger partial charge in [0.1, 0.15) is 0 Å². The van der Waals surface area contributed by atoms with Gasteiger partial charge in [0, 0.05) is 6.42 Å². The van der Waals surface area contributed by atoms with Crippen LogP contribution < -0.4 is 5.32 Å². The van der Waals surface area contributed by atoms with Crippen molar-refractivity contribution < 1.29 is 15.0 Å². The van der Waals surface area contributed by atoms with Crippen molar-refractivity contribution >= 4 is 5.91 Å². The standard InChI is InChI=1S/C58H103NO3/c1-3-5-7-9-11-13-15-17-19-21-23-24-25-26-27-28-29-30-31-32-33-34-36-37-39-41-43-45-47-49-51-53-57(61)56(55-60)59-58(62)54-52-50-48-46-44-42-40-38-35-22-20-18-16-14-12-10-8-6-4-2/h6,8,12,14,18,20,35,38,42-45,51,53,56-57,60-61H,3-5,7,9-11,13,15-17,19,21-34,36-37,39-41,46-50,52,54-55H2,1-2H3,(H,59,62)/b8-6-,14-12-,20-18-,38-35-,44-42-,45-43+,53-51+. The summed E-state index contributed by atoms with van der Waals surface area (Å²) >= 11 is 0. The molecule has 0 aromatic carbocycles. The summed E-state index contributed by atoms with van der Waals surface area (Å²) in [6, 6.07) is -0.663. The second-order valence-corrected chi connectivity index (χ2v) is 17.9. The molecule has 0 spiro atoms. The van der Waals surface area contributed by atoms with Crippen LogP contribution >= 0.6 is 0 Å². The number of rotatable bonds is 48. The van der Waals surface area contributed by atoms with Crippen LogP contribution in [0.25, 0.3) is 0 Å². The summed E-state index contributed by atoms with van der Waals surface area (Å²) in [6.45, 7) is 4.18. The summed E-state index contributed by atoms with van der Waals surface area (Å²) in [5.41, 5.74) is 0. The van der Waals surface area contributed by atoms with Crippen LogP contribution in [0.4, 0.5) is 0 Å². The largest absolute Gasteiger partial charge is 0.394 e. The Morgan fingerprint density at radius 2 is 0.726 bits per heavy atom. The fourth-order valence-electron chi connectivity index (χ4n) is 7.81. The number of aliphatic hydroxyl groups is 2. The van der Waals surface area contributed by atoms with Crippen molar-refractivity contribution in [1.29, 1.82) is 0 Å². The van der Waals surface area contributed by atoms with E-state index < -0.39 is 12.1 Å². The molecule has 0 radical (unpaired) electrons. The van der Waals surface area contributed by atoms with Crippen LogP contribution in [0.5, 0.6) is 0 Å². The van der Waals surface area contributed by atoms with Crippen molar-refractivity contribution in [2.75, 3.05) is 6.61 Å². The molecule has 0 heterocycles. The number of amides is 1. The maximum atomic E-state index is 12.4. The third kappa shape index (κ3) is 48.6. The Balaban J connectivity index is 3.58. The fourth-order valence-corrected chi connectivity index (χ4v) is 7.81. The zero-order chi connectivity index (χ0) is 44.9. The summed E-state index contributed by atoms with van der Waals surface area (Å²) in [7, 11) is 0. The molecule has 0 saturated carbocycles. The second-order valence-electron chi connectivity index (χ2n) is 17.9. The van der Waals surface area contributed by atoms with E-state index in [0.29, 0.717) is 6.42 Å². The minimum Gasteiger partial charge on any atom is -0.394 e. The van der Waals surface area contributed by atoms with Crippen molar-refractivity contribution in [3.63, 3.8) is 0 Å². The molecule has 1 amide bonds. The number of unbranched alkanes of at least 4 members (excludes halogenated alkanes) is 29. The van der Waals surface area contributed by atoms with Gasteiger partial charge in [0.25, 0.3) is 0 Å². The zero-order valence-electron chi connectivity index (χ0n) is 41.1. The highest BCUT2D eigenvalue weighted by Gasteiger charge is 2.17. The number of hydrogen-bond donors (Lipinski definition) is 3. The predicted molar refractivity (Wildman–Crippen MR) is 276 cm³/mol. The SMILES string of the molecule is CC/C=C\C/C=C\C/C=C\C/C=C\C/C=C\CCCCCC(=O)NC(CO)C(O)/C=C/CC/C=C/CCCCCCCCCCCCCCCCCCCCCCCCCCC. The molecule has 4 nitrogen and oxygen atoms in total. The van der Waals surface area contributed by atoms with Gasteiger partial charge >= 0.3 is 0 Å². The van der Waals surface area contributed by atoms with E-state index in [1.54, 1.807) is 6.08 Å². The number of hydrogen-bond acceptors (Lipinski definition) is 3. The molecule has 2 atom stereocenters. The fraction of sp³-hybridized carbons (Fsp3) is 0.741. The van der Waals surface area contributed by atoms with Crippen molar-refractivity contribution in [3.05, 3.63) is 85.1 Å². The van der Waals surface area contributed by atoms with E-state index in [-0.39, 0.29) is 12.5 Å². The van der Waals surface area contributed by atoms with E-state index >= 15 is 0 Å². The van der Waals surface area contributed by atoms with Crippen LogP contribution in [0.2, 0.25) is 0 Å². The molecule has 358 valence electrons. The summed E-state index contributed by atoms with van der Waals surface area (Å²) in [5, 5.41) is 23.1. The van der Waals surface area contributed by atoms with E-state index in [2.05, 4.69) is 92.1 Å². The molecular weight excluding hydrogens is 759 g/mol. The third-order valence-electron chi connectivity index (χ3n) is 11.9. The summed E-state index contributed by atoms with van der Waals surface area (Å²) < 4.78 is 0. The van der Waals surface area contributed by atoms with Gasteiger partial charge in [-0.2, -0.15) is 0 Å². The van der Waals surface area contributed by atoms with Gasteiger partial charge in [-0.3, -0.25) is 4.79 Å². The molecule has 0 saturated heterocycles. The molecule has 62 heavy (non-hydrogen) atoms. The Hall–Kier alpha value is -2.43. The van der Waals surface area contributed by atoms with Gasteiger partial charge in [0.05, 0.1) is 18.8 Å². The smallest absolute Gasteiger partial charge is 0.220 e. The summed E-state index contributed by atoms with van der Waals surface area (Å²) in [5.74, 6) is -0.106. The molecule has 4 heteroatoms. The molecule has 0 aliphatic heterocycles. The Morgan fingerprint density at radius 1 is 0.403 bits per heavy atom. The number of aliphatic hydroxyl groups excluding tert-OH is 2. The van der Waals surface area contributed by atoms with Crippen molar-refractivity contribution in [2.45, 2.75) is 270 Å². The van der Waals surface area contributed by atoms with Gasteiger partial charge in [-0.05, 0) is 77.0 Å². The Morgan fingerprint density at radius 3 is 1.13 bits per heavy atom. The number of allylic oxidation sites excluding steroid dienone is 13. The topological polar surface area (TPSA) is 69.6 Å². The minimum absolute atomic E-state index is 0.106. The molecule has 0 aliphatic carbocycles. The molecule has 0 rings (SSSR count). The predicted octanol–water partition coefficient (Wildman–Crippen LogP) is 17.6. The van der Waals surface area contributed by atoms with Crippen molar-refractivity contribution in [3.8, 4) is 0 Å². The first-order valence-corrected chi connectivity index (χ1v) is 26.8. The van der Waals surface area contributed by atoms with Gasteiger partial charge in [-0.25, -0.2) is 0 Å². The van der Waals surface area contributed by atoms with E-state index in [9.17, 15) is 15.0 Å². The molecule has 2 unspecified atom stereocenters. The lowest BCUT2D eigenvalue weighted by atomic mass is 10.0. The maximum Gasteiger partial charge on any atom is 0.220 e. The highest BCUT2D eigenvalue weighted by Crippen LogP contribution is 2.16. The molecule has 0 bridgehead atoms. The van der Waals surface area contributed by atoms with Crippen LogP contribution in [-0.4, -0.2) is 34.9 Å². The zero-order valence-corrected chi connectivity index (χ0v) is 41.1. The van der Waals surface area contributed by atoms with Crippen LogP contribution in [-0.2, 0) is 4.79 Å². The normalized spacial score (nSPS) is 13.5. The minimum atomic E-state index is -0.882. The maximum absolute atomic E-state index is 12.4. The van der Waals surface area contributed by atoms with Gasteiger partial charge in [0.15, 0.2) is 0 Å². The van der Waals surface area contributed by atoms with Gasteiger partial charge < -0.3 is 15.5 Å². The lowest BCUT2D eigenvalue weighted by Crippen LogP contribution is -2.45. The molecule has 0 aromatic rings. The average molecular weight is 862 g/mol. The second kappa shape index (κ2) is 52.9. The highest BCUT2D eigenvalue weighted by atomic mass is 16.3. The number of carbonyl (C=O) groups is 1. The molecule has 0 fully saturated rings. The Kier molecular flexibility index (Phi) is 50.8. The lowest BCUT2D eigenvalue weighted by molar-refractivity contribution is -0.123. The Bertz CT molecular complexity index is 1110. The van der Waals surface area contributed by atoms with E-state index in [1.807, 2.05) is 6.08 Å². The molecule has 0 aliphatic rings. The van der Waals surface area contributed by atoms with Gasteiger partial charge in [-0.15, -0.1) is 0 Å². The summed E-state index contributed by atoms with van der Waals surface area (Å²) in [6.07, 6.45) is 77.4.